The number of nitrogens with one attached hydrogen (secondary N) is 2. The number of carbonyl (C=O) groups is 4. The molecule has 6 rings (SSSR count). The lowest BCUT2D eigenvalue weighted by atomic mass is 10.3. The molecule has 6 aromatic rings. The van der Waals surface area contributed by atoms with Gasteiger partial charge in [-0.05, 0) is 52.0 Å². The summed E-state index contributed by atoms with van der Waals surface area (Å²) in [6.45, 7) is 8.76. The van der Waals surface area contributed by atoms with Gasteiger partial charge in [0.1, 0.15) is 22.4 Å². The van der Waals surface area contributed by atoms with Crippen molar-refractivity contribution in [1.29, 1.82) is 0 Å². The van der Waals surface area contributed by atoms with Crippen LogP contribution in [0.2, 0.25) is 0 Å². The maximum atomic E-state index is 13.4. The van der Waals surface area contributed by atoms with Crippen LogP contribution in [0.1, 0.15) is 66.9 Å². The summed E-state index contributed by atoms with van der Waals surface area (Å²) in [6.07, 6.45) is 6.40. The van der Waals surface area contributed by atoms with Gasteiger partial charge >= 0.3 is 11.9 Å². The molecule has 0 fully saturated rings. The molecule has 0 saturated carbocycles. The number of nitrogens with zero attached hydrogens (tertiary/aromatic N) is 10. The van der Waals surface area contributed by atoms with Crippen LogP contribution in [0.15, 0.2) is 48.8 Å². The molecule has 0 unspecified atom stereocenters. The highest BCUT2D eigenvalue weighted by molar-refractivity contribution is 6.04. The zero-order valence-electron chi connectivity index (χ0n) is 29.4. The van der Waals surface area contributed by atoms with Gasteiger partial charge in [-0.3, -0.25) is 38.7 Å². The Hall–Kier alpha value is -6.72. The van der Waals surface area contributed by atoms with Gasteiger partial charge in [0, 0.05) is 38.6 Å². The van der Waals surface area contributed by atoms with Crippen LogP contribution in [0.25, 0.3) is 22.3 Å². The Morgan fingerprint density at radius 3 is 1.44 bits per heavy atom. The second kappa shape index (κ2) is 14.6. The summed E-state index contributed by atoms with van der Waals surface area (Å²) < 4.78 is 16.3. The molecule has 0 atom stereocenters. The molecule has 0 bridgehead atoms. The van der Waals surface area contributed by atoms with Crippen LogP contribution in [-0.4, -0.2) is 86.6 Å². The van der Waals surface area contributed by atoms with Crippen molar-refractivity contribution in [3.8, 4) is 0 Å². The molecule has 6 aromatic heterocycles. The van der Waals surface area contributed by atoms with Crippen molar-refractivity contribution in [2.24, 2.45) is 0 Å². The van der Waals surface area contributed by atoms with E-state index in [4.69, 9.17) is 9.47 Å². The molecule has 18 nitrogen and oxygen atoms in total. The van der Waals surface area contributed by atoms with Crippen LogP contribution in [-0.2, 0) is 35.7 Å². The highest BCUT2D eigenvalue weighted by atomic mass is 16.5. The van der Waals surface area contributed by atoms with Crippen molar-refractivity contribution >= 4 is 58.0 Å². The summed E-state index contributed by atoms with van der Waals surface area (Å²) in [6, 6.07) is 6.45. The number of anilines is 2. The predicted molar refractivity (Wildman–Crippen MR) is 188 cm³/mol. The normalized spacial score (nSPS) is 11.4. The Kier molecular flexibility index (Phi) is 9.88. The SMILES string of the molecule is CCn1nc(C)cc1C(=O)Nc1nc2cc(C(=O)OC)cnc2n1C/C=C/Cn1c(NC(=O)c2cc(C)nn2CC)nc2cc(C(=O)OC)cnc21. The summed E-state index contributed by atoms with van der Waals surface area (Å²) >= 11 is 0. The molecular formula is C34H36N12O6. The molecule has 0 spiro atoms. The second-order valence-corrected chi connectivity index (χ2v) is 11.6. The monoisotopic (exact) mass is 708 g/mol. The number of carbonyl (C=O) groups excluding carboxylic acids is 4. The van der Waals surface area contributed by atoms with Crippen molar-refractivity contribution in [2.45, 2.75) is 53.9 Å². The van der Waals surface area contributed by atoms with E-state index < -0.39 is 23.8 Å². The van der Waals surface area contributed by atoms with Crippen molar-refractivity contribution in [1.82, 2.24) is 48.6 Å². The molecule has 0 radical (unpaired) electrons. The number of methoxy groups -OCH3 is 2. The molecule has 6 heterocycles. The molecule has 18 heteroatoms. The van der Waals surface area contributed by atoms with Gasteiger partial charge in [-0.2, -0.15) is 10.2 Å². The Bertz CT molecular complexity index is 2220. The third kappa shape index (κ3) is 6.85. The van der Waals surface area contributed by atoms with Gasteiger partial charge in [0.05, 0.1) is 36.7 Å². The highest BCUT2D eigenvalue weighted by Crippen LogP contribution is 2.23. The van der Waals surface area contributed by atoms with Crippen LogP contribution in [0, 0.1) is 13.8 Å². The number of ether oxygens (including phenoxy) is 2. The quantitative estimate of drug-likeness (QED) is 0.138. The lowest BCUT2D eigenvalue weighted by molar-refractivity contribution is 0.0591. The van der Waals surface area contributed by atoms with Gasteiger partial charge in [-0.1, -0.05) is 12.2 Å². The zero-order chi connectivity index (χ0) is 37.1. The lowest BCUT2D eigenvalue weighted by Gasteiger charge is -2.10. The van der Waals surface area contributed by atoms with E-state index in [-0.39, 0.29) is 36.1 Å². The van der Waals surface area contributed by atoms with Gasteiger partial charge in [-0.15, -0.1) is 0 Å². The average Bonchev–Trinajstić information content (AvgIpc) is 3.90. The summed E-state index contributed by atoms with van der Waals surface area (Å²) in [7, 11) is 2.55. The van der Waals surface area contributed by atoms with Gasteiger partial charge in [-0.25, -0.2) is 29.5 Å². The number of pyridine rings is 2. The fraction of sp³-hybridized carbons (Fsp3) is 0.294. The number of aromatic nitrogens is 10. The third-order valence-corrected chi connectivity index (χ3v) is 8.07. The van der Waals surface area contributed by atoms with E-state index in [9.17, 15) is 19.2 Å². The van der Waals surface area contributed by atoms with Crippen LogP contribution in [0.4, 0.5) is 11.9 Å². The van der Waals surface area contributed by atoms with Gasteiger partial charge in [0.2, 0.25) is 11.9 Å². The number of aryl methyl sites for hydroxylation is 4. The molecule has 2 amide bonds. The molecule has 0 aromatic carbocycles. The van der Waals surface area contributed by atoms with E-state index in [0.29, 0.717) is 58.2 Å². The first-order valence-electron chi connectivity index (χ1n) is 16.3. The minimum Gasteiger partial charge on any atom is -0.465 e. The maximum Gasteiger partial charge on any atom is 0.339 e. The van der Waals surface area contributed by atoms with Gasteiger partial charge in [0.25, 0.3) is 11.8 Å². The zero-order valence-corrected chi connectivity index (χ0v) is 29.4. The number of amides is 2. The van der Waals surface area contributed by atoms with E-state index in [1.165, 1.54) is 38.7 Å². The molecule has 0 aliphatic heterocycles. The lowest BCUT2D eigenvalue weighted by Crippen LogP contribution is -2.20. The van der Waals surface area contributed by atoms with Crippen LogP contribution >= 0.6 is 0 Å². The summed E-state index contributed by atoms with van der Waals surface area (Å²) in [5, 5.41) is 14.5. The van der Waals surface area contributed by atoms with E-state index in [0.717, 1.165) is 0 Å². The van der Waals surface area contributed by atoms with Crippen LogP contribution in [0.3, 0.4) is 0 Å². The first kappa shape index (κ1) is 35.1. The summed E-state index contributed by atoms with van der Waals surface area (Å²) in [5.41, 5.74) is 4.06. The first-order valence-corrected chi connectivity index (χ1v) is 16.3. The molecule has 268 valence electrons. The number of hydrogen-bond acceptors (Lipinski definition) is 12. The van der Waals surface area contributed by atoms with Crippen molar-refractivity contribution in [3.05, 3.63) is 82.7 Å². The van der Waals surface area contributed by atoms with Crippen molar-refractivity contribution in [3.63, 3.8) is 0 Å². The molecular weight excluding hydrogens is 672 g/mol. The number of rotatable bonds is 12. The van der Waals surface area contributed by atoms with E-state index in [2.05, 4.69) is 40.8 Å². The molecule has 2 N–H and O–H groups in total. The fourth-order valence-corrected chi connectivity index (χ4v) is 5.65. The Morgan fingerprint density at radius 1 is 0.673 bits per heavy atom. The fourth-order valence-electron chi connectivity index (χ4n) is 5.65. The summed E-state index contributed by atoms with van der Waals surface area (Å²) in [5.74, 6) is -1.59. The largest absolute Gasteiger partial charge is 0.465 e. The topological polar surface area (TPSA) is 208 Å². The molecule has 52 heavy (non-hydrogen) atoms. The molecule has 0 aliphatic rings. The predicted octanol–water partition coefficient (Wildman–Crippen LogP) is 3.56. The minimum absolute atomic E-state index is 0.196. The van der Waals surface area contributed by atoms with E-state index in [1.54, 1.807) is 44.5 Å². The van der Waals surface area contributed by atoms with Gasteiger partial charge < -0.3 is 9.47 Å². The smallest absolute Gasteiger partial charge is 0.339 e. The molecule has 0 aliphatic carbocycles. The number of allylic oxidation sites excluding steroid dienone is 2. The standard InChI is InChI=1S/C34H36N12O6/c1-7-45-25(13-19(3)41-45)29(47)39-33-37-23-15-21(31(49)51-5)17-35-27(23)43(33)11-9-10-12-44-28-24(16-22(18-36-28)32(50)52-6)38-34(44)40-30(48)26-14-20(4)42-46(26)8-2/h9-10,13-18H,7-8,11-12H2,1-6H3,(H,37,39,47)(H,38,40,48)/b10-9+. The van der Waals surface area contributed by atoms with Crippen molar-refractivity contribution in [2.75, 3.05) is 24.9 Å². The van der Waals surface area contributed by atoms with E-state index >= 15 is 0 Å². The van der Waals surface area contributed by atoms with Crippen LogP contribution < -0.4 is 10.6 Å². The number of fused-ring (bicyclic) bond motifs is 2. The number of hydrogen-bond donors (Lipinski definition) is 2. The maximum absolute atomic E-state index is 13.4. The third-order valence-electron chi connectivity index (χ3n) is 8.07. The Labute approximate surface area is 296 Å². The second-order valence-electron chi connectivity index (χ2n) is 11.6. The van der Waals surface area contributed by atoms with Gasteiger partial charge in [0.15, 0.2) is 11.3 Å². The Balaban J connectivity index is 1.33. The Morgan fingerprint density at radius 2 is 1.08 bits per heavy atom. The minimum atomic E-state index is -0.575. The van der Waals surface area contributed by atoms with Crippen molar-refractivity contribution < 1.29 is 28.7 Å². The van der Waals surface area contributed by atoms with Crippen LogP contribution in [0.5, 0.6) is 0 Å². The summed E-state index contributed by atoms with van der Waals surface area (Å²) in [4.78, 5) is 69.3. The average molecular weight is 709 g/mol. The first-order chi connectivity index (χ1) is 25.0. The number of imidazole rings is 2. The number of esters is 2. The molecule has 0 saturated heterocycles. The van der Waals surface area contributed by atoms with E-state index in [1.807, 2.05) is 26.0 Å². The highest BCUT2D eigenvalue weighted by Gasteiger charge is 2.21.